The van der Waals surface area contributed by atoms with Crippen molar-refractivity contribution in [2.45, 2.75) is 62.5 Å². The van der Waals surface area contributed by atoms with Gasteiger partial charge in [0.2, 0.25) is 0 Å². The van der Waals surface area contributed by atoms with E-state index in [0.717, 1.165) is 17.8 Å². The van der Waals surface area contributed by atoms with Gasteiger partial charge in [-0.2, -0.15) is 12.6 Å². The molecule has 3 aliphatic carbocycles. The van der Waals surface area contributed by atoms with Crippen LogP contribution < -0.4 is 0 Å². The normalized spacial score (nSPS) is 45.6. The third kappa shape index (κ3) is 1.43. The van der Waals surface area contributed by atoms with Crippen molar-refractivity contribution in [3.8, 4) is 0 Å². The average molecular weight is 210 g/mol. The highest BCUT2D eigenvalue weighted by Crippen LogP contribution is 2.57. The Balaban J connectivity index is 1.74. The Morgan fingerprint density at radius 2 is 1.71 bits per heavy atom. The van der Waals surface area contributed by atoms with E-state index in [1.165, 1.54) is 51.4 Å². The summed E-state index contributed by atoms with van der Waals surface area (Å²) in [5.41, 5.74) is 0. The molecule has 0 spiro atoms. The first-order valence-corrected chi connectivity index (χ1v) is 6.95. The molecule has 3 rings (SSSR count). The zero-order valence-electron chi connectivity index (χ0n) is 9.04. The molecule has 3 saturated carbocycles. The van der Waals surface area contributed by atoms with Gasteiger partial charge >= 0.3 is 0 Å². The van der Waals surface area contributed by atoms with E-state index in [0.29, 0.717) is 4.75 Å². The van der Waals surface area contributed by atoms with Crippen molar-refractivity contribution >= 4 is 12.6 Å². The van der Waals surface area contributed by atoms with Crippen LogP contribution in [-0.4, -0.2) is 4.75 Å². The highest BCUT2D eigenvalue weighted by atomic mass is 32.1. The monoisotopic (exact) mass is 210 g/mol. The SMILES string of the molecule is SC1(C2CC3CCC2C3)CCCCC1. The van der Waals surface area contributed by atoms with E-state index in [4.69, 9.17) is 12.6 Å². The lowest BCUT2D eigenvalue weighted by atomic mass is 9.72. The van der Waals surface area contributed by atoms with Gasteiger partial charge in [-0.1, -0.05) is 25.7 Å². The molecular weight excluding hydrogens is 188 g/mol. The van der Waals surface area contributed by atoms with E-state index in [2.05, 4.69) is 0 Å². The first kappa shape index (κ1) is 9.57. The summed E-state index contributed by atoms with van der Waals surface area (Å²) in [7, 11) is 0. The van der Waals surface area contributed by atoms with E-state index < -0.39 is 0 Å². The van der Waals surface area contributed by atoms with Gasteiger partial charge in [0.05, 0.1) is 0 Å². The van der Waals surface area contributed by atoms with Crippen molar-refractivity contribution in [3.63, 3.8) is 0 Å². The van der Waals surface area contributed by atoms with Crippen LogP contribution in [0.4, 0.5) is 0 Å². The van der Waals surface area contributed by atoms with Gasteiger partial charge in [-0.05, 0) is 49.9 Å². The molecule has 0 nitrogen and oxygen atoms in total. The van der Waals surface area contributed by atoms with Gasteiger partial charge in [-0.15, -0.1) is 0 Å². The summed E-state index contributed by atoms with van der Waals surface area (Å²) in [5.74, 6) is 3.15. The van der Waals surface area contributed by atoms with E-state index in [1.807, 2.05) is 0 Å². The maximum Gasteiger partial charge on any atom is 0.0160 e. The summed E-state index contributed by atoms with van der Waals surface area (Å²) in [4.78, 5) is 0. The van der Waals surface area contributed by atoms with E-state index in [-0.39, 0.29) is 0 Å². The van der Waals surface area contributed by atoms with E-state index in [9.17, 15) is 0 Å². The smallest absolute Gasteiger partial charge is 0.0160 e. The molecule has 3 unspecified atom stereocenters. The van der Waals surface area contributed by atoms with Crippen molar-refractivity contribution in [1.82, 2.24) is 0 Å². The van der Waals surface area contributed by atoms with Crippen molar-refractivity contribution < 1.29 is 0 Å². The third-order valence-corrected chi connectivity index (χ3v) is 5.93. The van der Waals surface area contributed by atoms with Crippen LogP contribution in [0.3, 0.4) is 0 Å². The van der Waals surface area contributed by atoms with Gasteiger partial charge in [0.25, 0.3) is 0 Å². The van der Waals surface area contributed by atoms with Crippen molar-refractivity contribution in [2.75, 3.05) is 0 Å². The Hall–Kier alpha value is 0.350. The molecule has 3 aliphatic rings. The summed E-state index contributed by atoms with van der Waals surface area (Å²) in [5, 5.41) is 0. The zero-order chi connectivity index (χ0) is 9.60. The Bertz CT molecular complexity index is 217. The largest absolute Gasteiger partial charge is 0.172 e. The predicted molar refractivity (Wildman–Crippen MR) is 63.7 cm³/mol. The summed E-state index contributed by atoms with van der Waals surface area (Å²) in [6.45, 7) is 0. The van der Waals surface area contributed by atoms with Gasteiger partial charge < -0.3 is 0 Å². The Morgan fingerprint density at radius 3 is 2.29 bits per heavy atom. The van der Waals surface area contributed by atoms with Crippen molar-refractivity contribution in [2.24, 2.45) is 17.8 Å². The second-order valence-corrected chi connectivity index (χ2v) is 6.84. The molecule has 0 aromatic carbocycles. The molecule has 0 aliphatic heterocycles. The summed E-state index contributed by atoms with van der Waals surface area (Å²) < 4.78 is 0.456. The lowest BCUT2D eigenvalue weighted by Crippen LogP contribution is -2.37. The molecule has 0 aromatic rings. The minimum absolute atomic E-state index is 0.456. The molecule has 1 heteroatoms. The van der Waals surface area contributed by atoms with Crippen LogP contribution in [0.5, 0.6) is 0 Å². The molecule has 80 valence electrons. The van der Waals surface area contributed by atoms with Crippen molar-refractivity contribution in [3.05, 3.63) is 0 Å². The number of hydrogen-bond acceptors (Lipinski definition) is 1. The van der Waals surface area contributed by atoms with Crippen LogP contribution in [0, 0.1) is 17.8 Å². The van der Waals surface area contributed by atoms with Crippen LogP contribution in [-0.2, 0) is 0 Å². The number of rotatable bonds is 1. The number of thiol groups is 1. The first-order chi connectivity index (χ1) is 6.78. The topological polar surface area (TPSA) is 0 Å². The van der Waals surface area contributed by atoms with Crippen molar-refractivity contribution in [1.29, 1.82) is 0 Å². The highest BCUT2D eigenvalue weighted by molar-refractivity contribution is 7.81. The molecule has 0 radical (unpaired) electrons. The summed E-state index contributed by atoms with van der Waals surface area (Å²) in [6.07, 6.45) is 13.3. The second kappa shape index (κ2) is 3.43. The Morgan fingerprint density at radius 1 is 0.929 bits per heavy atom. The maximum atomic E-state index is 5.08. The number of hydrogen-bond donors (Lipinski definition) is 1. The molecule has 0 aromatic heterocycles. The highest BCUT2D eigenvalue weighted by Gasteiger charge is 2.48. The van der Waals surface area contributed by atoms with Gasteiger partial charge in [-0.25, -0.2) is 0 Å². The predicted octanol–water partition coefficient (Wildman–Crippen LogP) is 4.06. The lowest BCUT2D eigenvalue weighted by molar-refractivity contribution is 0.212. The molecule has 0 N–H and O–H groups in total. The minimum Gasteiger partial charge on any atom is -0.172 e. The Labute approximate surface area is 93.3 Å². The molecule has 0 saturated heterocycles. The number of fused-ring (bicyclic) bond motifs is 2. The van der Waals surface area contributed by atoms with Gasteiger partial charge in [-0.3, -0.25) is 0 Å². The second-order valence-electron chi connectivity index (χ2n) is 5.95. The lowest BCUT2D eigenvalue weighted by Gasteiger charge is -2.42. The van der Waals surface area contributed by atoms with Crippen LogP contribution >= 0.6 is 12.6 Å². The molecule has 0 amide bonds. The third-order valence-electron chi connectivity index (χ3n) is 5.15. The fourth-order valence-corrected chi connectivity index (χ4v) is 5.07. The summed E-state index contributed by atoms with van der Waals surface area (Å²) >= 11 is 5.08. The van der Waals surface area contributed by atoms with Crippen LogP contribution in [0.15, 0.2) is 0 Å². The van der Waals surface area contributed by atoms with Gasteiger partial charge in [0, 0.05) is 4.75 Å². The fraction of sp³-hybridized carbons (Fsp3) is 1.00. The van der Waals surface area contributed by atoms with E-state index in [1.54, 1.807) is 6.42 Å². The molecule has 14 heavy (non-hydrogen) atoms. The minimum atomic E-state index is 0.456. The van der Waals surface area contributed by atoms with Crippen LogP contribution in [0.2, 0.25) is 0 Å². The maximum absolute atomic E-state index is 5.08. The van der Waals surface area contributed by atoms with Gasteiger partial charge in [0.15, 0.2) is 0 Å². The first-order valence-electron chi connectivity index (χ1n) is 6.50. The quantitative estimate of drug-likeness (QED) is 0.620. The fourth-order valence-electron chi connectivity index (χ4n) is 4.44. The molecule has 3 fully saturated rings. The van der Waals surface area contributed by atoms with Gasteiger partial charge in [0.1, 0.15) is 0 Å². The average Bonchev–Trinajstić information content (AvgIpc) is 2.80. The zero-order valence-corrected chi connectivity index (χ0v) is 9.94. The molecule has 2 bridgehead atoms. The molecule has 3 atom stereocenters. The van der Waals surface area contributed by atoms with Crippen LogP contribution in [0.1, 0.15) is 57.8 Å². The van der Waals surface area contributed by atoms with E-state index >= 15 is 0 Å². The molecular formula is C13H22S. The molecule has 0 heterocycles. The standard InChI is InChI=1S/C13H22S/c14-13(6-2-1-3-7-13)12-9-10-4-5-11(12)8-10/h10-12,14H,1-9H2. The Kier molecular flexibility index (Phi) is 2.35. The van der Waals surface area contributed by atoms with Crippen LogP contribution in [0.25, 0.3) is 0 Å². The summed E-state index contributed by atoms with van der Waals surface area (Å²) in [6, 6.07) is 0.